The van der Waals surface area contributed by atoms with Crippen LogP contribution in [-0.4, -0.2) is 9.77 Å². The van der Waals surface area contributed by atoms with Crippen molar-refractivity contribution in [1.29, 1.82) is 0 Å². The van der Waals surface area contributed by atoms with Gasteiger partial charge in [-0.15, -0.1) is 0 Å². The molecule has 60 valence electrons. The van der Waals surface area contributed by atoms with E-state index in [4.69, 9.17) is 5.21 Å². The van der Waals surface area contributed by atoms with Gasteiger partial charge in [-0.25, -0.2) is 0 Å². The maximum absolute atomic E-state index is 10.8. The van der Waals surface area contributed by atoms with Crippen LogP contribution in [0, 0.1) is 5.21 Å². The van der Waals surface area contributed by atoms with Crippen LogP contribution in [0.2, 0.25) is 0 Å². The molecule has 0 fully saturated rings. The van der Waals surface area contributed by atoms with Crippen molar-refractivity contribution in [3.63, 3.8) is 0 Å². The lowest BCUT2D eigenvalue weighted by atomic mass is 10.4. The zero-order valence-electron chi connectivity index (χ0n) is 5.89. The molecule has 5 heteroatoms. The molecule has 1 aromatic rings. The molecule has 0 aliphatic heterocycles. The zero-order valence-corrected chi connectivity index (χ0v) is 5.89. The Balaban J connectivity index is 3.15. The quantitative estimate of drug-likeness (QED) is 0.583. The summed E-state index contributed by atoms with van der Waals surface area (Å²) in [6.45, 7) is 0. The van der Waals surface area contributed by atoms with E-state index in [1.54, 1.807) is 0 Å². The van der Waals surface area contributed by atoms with Crippen LogP contribution in [-0.2, 0) is 7.05 Å². The van der Waals surface area contributed by atoms with Gasteiger partial charge in [0.05, 0.1) is 5.69 Å². The average Bonchev–Trinajstić information content (AvgIpc) is 1.94. The molecule has 1 N–H and O–H groups in total. The fourth-order valence-electron chi connectivity index (χ4n) is 0.692. The highest BCUT2D eigenvalue weighted by molar-refractivity contribution is 5.41. The summed E-state index contributed by atoms with van der Waals surface area (Å²) in [7, 11) is 1.50. The Morgan fingerprint density at radius 2 is 2.27 bits per heavy atom. The summed E-state index contributed by atoms with van der Waals surface area (Å²) in [6.07, 6.45) is 1.25. The number of hydrogen-bond acceptors (Lipinski definition) is 4. The van der Waals surface area contributed by atoms with Gasteiger partial charge >= 0.3 is 0 Å². The molecule has 0 amide bonds. The minimum Gasteiger partial charge on any atom is -0.733 e. The van der Waals surface area contributed by atoms with Crippen molar-refractivity contribution in [3.05, 3.63) is 33.9 Å². The van der Waals surface area contributed by atoms with E-state index in [2.05, 4.69) is 0 Å². The third kappa shape index (κ3) is 1.57. The lowest BCUT2D eigenvalue weighted by Gasteiger charge is -2.21. The van der Waals surface area contributed by atoms with E-state index in [9.17, 15) is 10.0 Å². The Bertz CT molecular complexity index is 305. The van der Waals surface area contributed by atoms with Crippen LogP contribution in [0.15, 0.2) is 23.1 Å². The van der Waals surface area contributed by atoms with Crippen LogP contribution < -0.4 is 10.8 Å². The first kappa shape index (κ1) is 7.77. The van der Waals surface area contributed by atoms with Gasteiger partial charge in [-0.05, 0) is 6.07 Å². The number of anilines is 1. The van der Waals surface area contributed by atoms with Crippen molar-refractivity contribution < 1.29 is 5.21 Å². The molecular formula is C6H7N2O3-. The topological polar surface area (TPSA) is 68.5 Å². The smallest absolute Gasteiger partial charge is 0.250 e. The van der Waals surface area contributed by atoms with E-state index in [0.29, 0.717) is 0 Å². The Kier molecular flexibility index (Phi) is 1.93. The van der Waals surface area contributed by atoms with E-state index >= 15 is 0 Å². The average molecular weight is 155 g/mol. The van der Waals surface area contributed by atoms with Crippen molar-refractivity contribution in [1.82, 2.24) is 4.57 Å². The highest BCUT2D eigenvalue weighted by Gasteiger charge is 1.93. The van der Waals surface area contributed by atoms with Gasteiger partial charge in [0.2, 0.25) is 5.56 Å². The Hall–Kier alpha value is -1.33. The second-order valence-corrected chi connectivity index (χ2v) is 2.11. The highest BCUT2D eigenvalue weighted by atomic mass is 16.8. The van der Waals surface area contributed by atoms with E-state index in [1.807, 2.05) is 0 Å². The van der Waals surface area contributed by atoms with Gasteiger partial charge in [0.1, 0.15) is 0 Å². The first-order valence-electron chi connectivity index (χ1n) is 2.94. The molecule has 0 aliphatic carbocycles. The number of hydrogen-bond donors (Lipinski definition) is 1. The zero-order chi connectivity index (χ0) is 8.43. The molecule has 0 atom stereocenters. The fourth-order valence-corrected chi connectivity index (χ4v) is 0.692. The van der Waals surface area contributed by atoms with Crippen molar-refractivity contribution >= 4 is 5.69 Å². The summed E-state index contributed by atoms with van der Waals surface area (Å²) in [4.78, 5) is 10.8. The summed E-state index contributed by atoms with van der Waals surface area (Å²) < 4.78 is 1.20. The normalized spacial score (nSPS) is 9.73. The molecule has 0 spiro atoms. The summed E-state index contributed by atoms with van der Waals surface area (Å²) >= 11 is 0. The molecule has 0 bridgehead atoms. The summed E-state index contributed by atoms with van der Waals surface area (Å²) in [5.74, 6) is 0. The summed E-state index contributed by atoms with van der Waals surface area (Å²) in [6, 6.07) is 2.45. The van der Waals surface area contributed by atoms with E-state index in [1.165, 1.54) is 29.9 Å². The van der Waals surface area contributed by atoms with Crippen LogP contribution >= 0.6 is 0 Å². The predicted octanol–water partition coefficient (Wildman–Crippen LogP) is 0.0787. The molecule has 0 saturated carbocycles. The van der Waals surface area contributed by atoms with Crippen LogP contribution in [0.4, 0.5) is 5.69 Å². The third-order valence-corrected chi connectivity index (χ3v) is 1.29. The van der Waals surface area contributed by atoms with E-state index in [0.717, 1.165) is 0 Å². The maximum Gasteiger partial charge on any atom is 0.250 e. The van der Waals surface area contributed by atoms with Crippen LogP contribution in [0.1, 0.15) is 0 Å². The van der Waals surface area contributed by atoms with Gasteiger partial charge in [0.15, 0.2) is 0 Å². The van der Waals surface area contributed by atoms with Gasteiger partial charge < -0.3 is 15.0 Å². The van der Waals surface area contributed by atoms with Crippen LogP contribution in [0.5, 0.6) is 0 Å². The minimum atomic E-state index is -0.292. The molecule has 5 nitrogen and oxygen atoms in total. The second kappa shape index (κ2) is 2.73. The standard InChI is InChI=1S/C6H7N2O3/c1-7-4-5(8(10)11)2-3-6(7)9/h2-4,10H,1H3/q-1. The molecule has 0 radical (unpaired) electrons. The molecule has 1 heterocycles. The van der Waals surface area contributed by atoms with Crippen LogP contribution in [0.3, 0.4) is 0 Å². The van der Waals surface area contributed by atoms with Gasteiger partial charge in [-0.1, -0.05) is 0 Å². The molecule has 1 rings (SSSR count). The SMILES string of the molecule is Cn1cc(N([O-])O)ccc1=O. The van der Waals surface area contributed by atoms with Crippen molar-refractivity contribution in [2.45, 2.75) is 0 Å². The Morgan fingerprint density at radius 3 is 2.73 bits per heavy atom. The molecule has 0 unspecified atom stereocenters. The predicted molar refractivity (Wildman–Crippen MR) is 39.3 cm³/mol. The van der Waals surface area contributed by atoms with Crippen molar-refractivity contribution in [2.75, 3.05) is 5.23 Å². The van der Waals surface area contributed by atoms with Gasteiger partial charge in [0, 0.05) is 19.3 Å². The number of aromatic nitrogens is 1. The second-order valence-electron chi connectivity index (χ2n) is 2.11. The lowest BCUT2D eigenvalue weighted by molar-refractivity contribution is 0.296. The van der Waals surface area contributed by atoms with Crippen LogP contribution in [0.25, 0.3) is 0 Å². The minimum absolute atomic E-state index is 0.0344. The van der Waals surface area contributed by atoms with Crippen molar-refractivity contribution in [2.24, 2.45) is 7.05 Å². The first-order valence-corrected chi connectivity index (χ1v) is 2.94. The Morgan fingerprint density at radius 1 is 1.64 bits per heavy atom. The van der Waals surface area contributed by atoms with Gasteiger partial charge in [0.25, 0.3) is 0 Å². The van der Waals surface area contributed by atoms with Crippen molar-refractivity contribution in [3.8, 4) is 0 Å². The monoisotopic (exact) mass is 155 g/mol. The van der Waals surface area contributed by atoms with E-state index < -0.39 is 0 Å². The van der Waals surface area contributed by atoms with E-state index in [-0.39, 0.29) is 16.5 Å². The molecular weight excluding hydrogens is 148 g/mol. The molecule has 11 heavy (non-hydrogen) atoms. The summed E-state index contributed by atoms with van der Waals surface area (Å²) in [5, 5.41) is 18.4. The Labute approximate surface area is 62.6 Å². The fraction of sp³-hybridized carbons (Fsp3) is 0.167. The third-order valence-electron chi connectivity index (χ3n) is 1.29. The number of pyridine rings is 1. The number of nitrogens with zero attached hydrogens (tertiary/aromatic N) is 2. The molecule has 1 aromatic heterocycles. The maximum atomic E-state index is 10.8. The molecule has 0 aromatic carbocycles. The lowest BCUT2D eigenvalue weighted by Crippen LogP contribution is -2.17. The summed E-state index contributed by atoms with van der Waals surface area (Å²) in [5.41, 5.74) is -0.192. The molecule has 0 saturated heterocycles. The highest BCUT2D eigenvalue weighted by Crippen LogP contribution is 2.05. The first-order chi connectivity index (χ1) is 5.11. The number of aryl methyl sites for hydroxylation is 1. The van der Waals surface area contributed by atoms with Gasteiger partial charge in [-0.3, -0.25) is 10.0 Å². The van der Waals surface area contributed by atoms with Gasteiger partial charge in [-0.2, -0.15) is 0 Å². The molecule has 0 aliphatic rings. The number of rotatable bonds is 1. The largest absolute Gasteiger partial charge is 0.733 e.